The van der Waals surface area contributed by atoms with E-state index >= 15 is 0 Å². The Balaban J connectivity index is 2.67. The van der Waals surface area contributed by atoms with Crippen molar-refractivity contribution in [3.8, 4) is 17.9 Å². The third-order valence-corrected chi connectivity index (χ3v) is 1.36. The Morgan fingerprint density at radius 2 is 2.50 bits per heavy atom. The topological polar surface area (TPSA) is 41.6 Å². The third-order valence-electron chi connectivity index (χ3n) is 1.36. The van der Waals surface area contributed by atoms with Crippen LogP contribution in [0.2, 0.25) is 0 Å². The molecule has 0 fully saturated rings. The van der Waals surface area contributed by atoms with Crippen LogP contribution in [0.3, 0.4) is 0 Å². The van der Waals surface area contributed by atoms with Crippen LogP contribution < -0.4 is 0 Å². The molecule has 3 nitrogen and oxygen atoms in total. The third kappa shape index (κ3) is 2.14. The van der Waals surface area contributed by atoms with Crippen LogP contribution in [0.1, 0.15) is 18.9 Å². The van der Waals surface area contributed by atoms with Gasteiger partial charge < -0.3 is 0 Å². The van der Waals surface area contributed by atoms with E-state index in [1.807, 2.05) is 19.2 Å². The smallest absolute Gasteiger partial charge is 0.0966 e. The molecule has 1 aromatic rings. The van der Waals surface area contributed by atoms with Crippen LogP contribution in [0.5, 0.6) is 0 Å². The minimum absolute atomic E-state index is 0.275. The van der Waals surface area contributed by atoms with Gasteiger partial charge in [0.15, 0.2) is 0 Å². The van der Waals surface area contributed by atoms with E-state index in [-0.39, 0.29) is 6.42 Å². The van der Waals surface area contributed by atoms with Crippen LogP contribution in [0.15, 0.2) is 12.4 Å². The SMILES string of the molecule is CCn1cc(C#CCC#N)cn1. The van der Waals surface area contributed by atoms with Gasteiger partial charge in [0.1, 0.15) is 0 Å². The zero-order valence-electron chi connectivity index (χ0n) is 6.91. The molecule has 60 valence electrons. The largest absolute Gasteiger partial charge is 0.272 e. The van der Waals surface area contributed by atoms with Crippen molar-refractivity contribution in [1.29, 1.82) is 5.26 Å². The average molecular weight is 159 g/mol. The van der Waals surface area contributed by atoms with Crippen LogP contribution in [0.4, 0.5) is 0 Å². The summed E-state index contributed by atoms with van der Waals surface area (Å²) in [6.07, 6.45) is 3.84. The second-order valence-corrected chi connectivity index (χ2v) is 2.22. The number of rotatable bonds is 1. The van der Waals surface area contributed by atoms with Crippen LogP contribution in [0, 0.1) is 23.2 Å². The Kier molecular flexibility index (Phi) is 2.93. The summed E-state index contributed by atoms with van der Waals surface area (Å²) in [7, 11) is 0. The molecule has 0 unspecified atom stereocenters. The molecular weight excluding hydrogens is 150 g/mol. The lowest BCUT2D eigenvalue weighted by molar-refractivity contribution is 0.660. The summed E-state index contributed by atoms with van der Waals surface area (Å²) in [5.41, 5.74) is 0.868. The van der Waals surface area contributed by atoms with Crippen molar-refractivity contribution >= 4 is 0 Å². The van der Waals surface area contributed by atoms with Crippen molar-refractivity contribution in [2.45, 2.75) is 19.9 Å². The van der Waals surface area contributed by atoms with E-state index in [2.05, 4.69) is 16.9 Å². The van der Waals surface area contributed by atoms with Crippen molar-refractivity contribution < 1.29 is 0 Å². The molecule has 1 aromatic heterocycles. The Morgan fingerprint density at radius 1 is 1.67 bits per heavy atom. The number of nitriles is 1. The van der Waals surface area contributed by atoms with Gasteiger partial charge in [0.25, 0.3) is 0 Å². The second-order valence-electron chi connectivity index (χ2n) is 2.22. The Hall–Kier alpha value is -1.74. The number of aromatic nitrogens is 2. The maximum Gasteiger partial charge on any atom is 0.0966 e. The van der Waals surface area contributed by atoms with Gasteiger partial charge in [-0.2, -0.15) is 10.4 Å². The van der Waals surface area contributed by atoms with Crippen molar-refractivity contribution in [2.75, 3.05) is 0 Å². The van der Waals surface area contributed by atoms with E-state index in [0.29, 0.717) is 0 Å². The van der Waals surface area contributed by atoms with Crippen molar-refractivity contribution in [3.05, 3.63) is 18.0 Å². The molecule has 0 N–H and O–H groups in total. The van der Waals surface area contributed by atoms with E-state index < -0.39 is 0 Å². The predicted molar refractivity (Wildman–Crippen MR) is 45.0 cm³/mol. The molecule has 0 radical (unpaired) electrons. The van der Waals surface area contributed by atoms with E-state index in [4.69, 9.17) is 5.26 Å². The molecule has 0 bridgehead atoms. The summed E-state index contributed by atoms with van der Waals surface area (Å²) in [5, 5.41) is 12.3. The average Bonchev–Trinajstić information content (AvgIpc) is 2.53. The van der Waals surface area contributed by atoms with Gasteiger partial charge in [-0.1, -0.05) is 11.8 Å². The fourth-order valence-electron chi connectivity index (χ4n) is 0.787. The Morgan fingerprint density at radius 3 is 3.08 bits per heavy atom. The molecule has 0 atom stereocenters. The fourth-order valence-corrected chi connectivity index (χ4v) is 0.787. The number of hydrogen-bond acceptors (Lipinski definition) is 2. The molecule has 0 aromatic carbocycles. The molecule has 0 aliphatic heterocycles. The molecule has 0 aliphatic rings. The molecule has 0 aliphatic carbocycles. The first-order valence-corrected chi connectivity index (χ1v) is 3.75. The van der Waals surface area contributed by atoms with Crippen molar-refractivity contribution in [2.24, 2.45) is 0 Å². The second kappa shape index (κ2) is 4.20. The molecular formula is C9H9N3. The minimum atomic E-state index is 0.275. The predicted octanol–water partition coefficient (Wildman–Crippen LogP) is 1.17. The van der Waals surface area contributed by atoms with Crippen LogP contribution in [0.25, 0.3) is 0 Å². The summed E-state index contributed by atoms with van der Waals surface area (Å²) in [6, 6.07) is 1.96. The Bertz CT molecular complexity index is 346. The quantitative estimate of drug-likeness (QED) is 0.577. The maximum absolute atomic E-state index is 8.22. The van der Waals surface area contributed by atoms with E-state index in [1.165, 1.54) is 0 Å². The first-order valence-electron chi connectivity index (χ1n) is 3.75. The molecule has 3 heteroatoms. The van der Waals surface area contributed by atoms with E-state index in [9.17, 15) is 0 Å². The zero-order valence-corrected chi connectivity index (χ0v) is 6.91. The molecule has 0 saturated carbocycles. The summed E-state index contributed by atoms with van der Waals surface area (Å²) in [5.74, 6) is 5.57. The maximum atomic E-state index is 8.22. The van der Waals surface area contributed by atoms with Crippen molar-refractivity contribution in [3.63, 3.8) is 0 Å². The van der Waals surface area contributed by atoms with Gasteiger partial charge >= 0.3 is 0 Å². The fraction of sp³-hybridized carbons (Fsp3) is 0.333. The highest BCUT2D eigenvalue weighted by Gasteiger charge is 1.90. The molecule has 0 saturated heterocycles. The Labute approximate surface area is 71.6 Å². The molecule has 12 heavy (non-hydrogen) atoms. The van der Waals surface area contributed by atoms with Gasteiger partial charge in [0.05, 0.1) is 24.3 Å². The van der Waals surface area contributed by atoms with Gasteiger partial charge in [-0.3, -0.25) is 4.68 Å². The highest BCUT2D eigenvalue weighted by molar-refractivity contribution is 5.30. The van der Waals surface area contributed by atoms with Gasteiger partial charge in [0, 0.05) is 12.7 Å². The minimum Gasteiger partial charge on any atom is -0.272 e. The van der Waals surface area contributed by atoms with E-state index in [1.54, 1.807) is 10.9 Å². The molecule has 1 rings (SSSR count). The number of aryl methyl sites for hydroxylation is 1. The number of hydrogen-bond donors (Lipinski definition) is 0. The zero-order chi connectivity index (χ0) is 8.81. The lowest BCUT2D eigenvalue weighted by atomic mass is 10.3. The summed E-state index contributed by atoms with van der Waals surface area (Å²) in [6.45, 7) is 2.86. The lowest BCUT2D eigenvalue weighted by Crippen LogP contribution is -1.91. The van der Waals surface area contributed by atoms with Gasteiger partial charge in [-0.15, -0.1) is 0 Å². The van der Waals surface area contributed by atoms with Gasteiger partial charge in [0.2, 0.25) is 0 Å². The lowest BCUT2D eigenvalue weighted by Gasteiger charge is -1.88. The summed E-state index contributed by atoms with van der Waals surface area (Å²) < 4.78 is 1.80. The highest BCUT2D eigenvalue weighted by atomic mass is 15.3. The van der Waals surface area contributed by atoms with Crippen LogP contribution in [-0.4, -0.2) is 9.78 Å². The molecule has 0 spiro atoms. The van der Waals surface area contributed by atoms with Gasteiger partial charge in [-0.05, 0) is 6.92 Å². The van der Waals surface area contributed by atoms with Gasteiger partial charge in [-0.25, -0.2) is 0 Å². The summed E-state index contributed by atoms with van der Waals surface area (Å²) in [4.78, 5) is 0. The van der Waals surface area contributed by atoms with Crippen molar-refractivity contribution in [1.82, 2.24) is 9.78 Å². The van der Waals surface area contributed by atoms with Crippen LogP contribution >= 0.6 is 0 Å². The number of nitrogens with zero attached hydrogens (tertiary/aromatic N) is 3. The monoisotopic (exact) mass is 159 g/mol. The summed E-state index contributed by atoms with van der Waals surface area (Å²) >= 11 is 0. The standard InChI is InChI=1S/C9H9N3/c1-2-12-8-9(7-11-12)5-3-4-6-10/h7-8H,2,4H2,1H3. The first kappa shape index (κ1) is 8.36. The highest BCUT2D eigenvalue weighted by Crippen LogP contribution is 1.94. The first-order chi connectivity index (χ1) is 5.86. The molecule has 1 heterocycles. The molecule has 0 amide bonds. The van der Waals surface area contributed by atoms with E-state index in [0.717, 1.165) is 12.1 Å². The van der Waals surface area contributed by atoms with Crippen LogP contribution in [-0.2, 0) is 6.54 Å². The normalized spacial score (nSPS) is 8.33.